The van der Waals surface area contributed by atoms with Crippen molar-refractivity contribution in [3.05, 3.63) is 35.9 Å². The van der Waals surface area contributed by atoms with Gasteiger partial charge in [0.2, 0.25) is 5.91 Å². The second-order valence-electron chi connectivity index (χ2n) is 7.78. The zero-order valence-electron chi connectivity index (χ0n) is 16.0. The first-order chi connectivity index (χ1) is 12.4. The first kappa shape index (κ1) is 22.2. The third kappa shape index (κ3) is 5.04. The lowest BCUT2D eigenvalue weighted by Crippen LogP contribution is -2.59. The van der Waals surface area contributed by atoms with Crippen molar-refractivity contribution in [2.75, 3.05) is 32.4 Å². The number of halogens is 1. The summed E-state index contributed by atoms with van der Waals surface area (Å²) in [4.78, 5) is 14.9. The van der Waals surface area contributed by atoms with Crippen LogP contribution in [0, 0.1) is 5.92 Å². The lowest BCUT2D eigenvalue weighted by Gasteiger charge is -2.41. The fraction of sp³-hybridized carbons (Fsp3) is 0.650. The van der Waals surface area contributed by atoms with Crippen LogP contribution in [0.4, 0.5) is 0 Å². The normalized spacial score (nSPS) is 20.7. The van der Waals surface area contributed by atoms with Gasteiger partial charge in [0.1, 0.15) is 0 Å². The molecule has 1 aromatic carbocycles. The van der Waals surface area contributed by atoms with Crippen LogP contribution in [0.25, 0.3) is 0 Å². The predicted molar refractivity (Wildman–Crippen MR) is 111 cm³/mol. The molecule has 1 N–H and O–H groups in total. The summed E-state index contributed by atoms with van der Waals surface area (Å²) in [6, 6.07) is 10.5. The third-order valence-corrected chi connectivity index (χ3v) is 8.10. The van der Waals surface area contributed by atoms with Crippen LogP contribution in [0.2, 0.25) is 0 Å². The molecule has 2 aliphatic rings. The van der Waals surface area contributed by atoms with E-state index >= 15 is 0 Å². The molecule has 0 radical (unpaired) electrons. The Kier molecular flexibility index (Phi) is 7.72. The van der Waals surface area contributed by atoms with Crippen LogP contribution in [0.5, 0.6) is 0 Å². The maximum Gasteiger partial charge on any atom is 0.244 e. The number of sulfone groups is 1. The lowest BCUT2D eigenvalue weighted by molar-refractivity contribution is -0.136. The smallest absolute Gasteiger partial charge is 0.244 e. The van der Waals surface area contributed by atoms with Gasteiger partial charge in [0.15, 0.2) is 14.6 Å². The Hall–Kier alpha value is -1.11. The summed E-state index contributed by atoms with van der Waals surface area (Å²) in [5, 5.41) is 3.17. The highest BCUT2D eigenvalue weighted by molar-refractivity contribution is 7.92. The van der Waals surface area contributed by atoms with Crippen LogP contribution in [-0.4, -0.2) is 56.4 Å². The number of hydrogen-bond donors (Lipinski definition) is 1. The van der Waals surface area contributed by atoms with E-state index in [1.54, 1.807) is 0 Å². The standard InChI is InChI=1S/C20H30N2O3S.ClH/c1-26(24,25)20(11-13-21-14-12-20)19(23)22-15-9-18(10-16-22)8-7-17-5-3-2-4-6-17;/h2-6,18,21H,7-16H2,1H3;1H. The van der Waals surface area contributed by atoms with E-state index in [0.717, 1.165) is 25.7 Å². The second-order valence-corrected chi connectivity index (χ2v) is 10.1. The number of carbonyl (C=O) groups is 1. The van der Waals surface area contributed by atoms with Crippen molar-refractivity contribution in [1.82, 2.24) is 10.2 Å². The van der Waals surface area contributed by atoms with Gasteiger partial charge >= 0.3 is 0 Å². The van der Waals surface area contributed by atoms with Crippen molar-refractivity contribution in [2.45, 2.75) is 43.3 Å². The molecule has 0 atom stereocenters. The van der Waals surface area contributed by atoms with Crippen molar-refractivity contribution in [2.24, 2.45) is 5.92 Å². The summed E-state index contributed by atoms with van der Waals surface area (Å²) in [5.74, 6) is 0.449. The van der Waals surface area contributed by atoms with Crippen LogP contribution in [0.1, 0.15) is 37.7 Å². The molecular formula is C20H31ClN2O3S. The van der Waals surface area contributed by atoms with Crippen molar-refractivity contribution in [1.29, 1.82) is 0 Å². The molecule has 5 nitrogen and oxygen atoms in total. The minimum Gasteiger partial charge on any atom is -0.341 e. The molecule has 2 saturated heterocycles. The molecule has 2 aliphatic heterocycles. The Morgan fingerprint density at radius 2 is 1.74 bits per heavy atom. The number of piperidine rings is 2. The molecule has 2 heterocycles. The van der Waals surface area contributed by atoms with E-state index in [1.807, 2.05) is 11.0 Å². The number of hydrogen-bond acceptors (Lipinski definition) is 4. The summed E-state index contributed by atoms with van der Waals surface area (Å²) in [6.45, 7) is 2.55. The summed E-state index contributed by atoms with van der Waals surface area (Å²) >= 11 is 0. The van der Waals surface area contributed by atoms with Gasteiger partial charge in [0.05, 0.1) is 0 Å². The fourth-order valence-electron chi connectivity index (χ4n) is 4.30. The highest BCUT2D eigenvalue weighted by Crippen LogP contribution is 2.32. The van der Waals surface area contributed by atoms with E-state index in [9.17, 15) is 13.2 Å². The molecular weight excluding hydrogens is 384 g/mol. The first-order valence-corrected chi connectivity index (χ1v) is 11.6. The van der Waals surface area contributed by atoms with Crippen molar-refractivity contribution in [3.63, 3.8) is 0 Å². The number of nitrogens with one attached hydrogen (secondary N) is 1. The van der Waals surface area contributed by atoms with Gasteiger partial charge in [-0.3, -0.25) is 4.79 Å². The molecule has 27 heavy (non-hydrogen) atoms. The molecule has 0 aliphatic carbocycles. The molecule has 0 aromatic heterocycles. The number of likely N-dealkylation sites (tertiary alicyclic amines) is 1. The van der Waals surface area contributed by atoms with Crippen LogP contribution in [0.3, 0.4) is 0 Å². The maximum atomic E-state index is 13.1. The summed E-state index contributed by atoms with van der Waals surface area (Å²) < 4.78 is 23.7. The van der Waals surface area contributed by atoms with Gasteiger partial charge in [-0.15, -0.1) is 12.4 Å². The molecule has 0 saturated carbocycles. The van der Waals surface area contributed by atoms with E-state index in [0.29, 0.717) is 44.9 Å². The van der Waals surface area contributed by atoms with Crippen LogP contribution in [0.15, 0.2) is 30.3 Å². The Bertz CT molecular complexity index is 710. The highest BCUT2D eigenvalue weighted by Gasteiger charge is 2.50. The molecule has 152 valence electrons. The van der Waals surface area contributed by atoms with Crippen molar-refractivity contribution in [3.8, 4) is 0 Å². The molecule has 0 spiro atoms. The quantitative estimate of drug-likeness (QED) is 0.803. The third-order valence-electron chi connectivity index (χ3n) is 6.10. The van der Waals surface area contributed by atoms with Gasteiger partial charge in [-0.2, -0.15) is 0 Å². The zero-order chi connectivity index (χ0) is 18.6. The number of nitrogens with zero attached hydrogens (tertiary/aromatic N) is 1. The summed E-state index contributed by atoms with van der Waals surface area (Å²) in [6.07, 6.45) is 6.14. The molecule has 1 aromatic rings. The van der Waals surface area contributed by atoms with E-state index in [-0.39, 0.29) is 18.3 Å². The average molecular weight is 415 g/mol. The number of benzene rings is 1. The van der Waals surface area contributed by atoms with Crippen molar-refractivity contribution >= 4 is 28.2 Å². The molecule has 1 amide bonds. The average Bonchev–Trinajstić information content (AvgIpc) is 2.67. The summed E-state index contributed by atoms with van der Waals surface area (Å²) in [7, 11) is -3.43. The molecule has 2 fully saturated rings. The fourth-order valence-corrected chi connectivity index (χ4v) is 5.69. The van der Waals surface area contributed by atoms with E-state index in [4.69, 9.17) is 0 Å². The zero-order valence-corrected chi connectivity index (χ0v) is 17.7. The van der Waals surface area contributed by atoms with Gasteiger partial charge < -0.3 is 10.2 Å². The first-order valence-electron chi connectivity index (χ1n) is 9.66. The van der Waals surface area contributed by atoms with Crippen LogP contribution < -0.4 is 5.32 Å². The van der Waals surface area contributed by atoms with Gasteiger partial charge in [-0.1, -0.05) is 30.3 Å². The minimum absolute atomic E-state index is 0. The van der Waals surface area contributed by atoms with Gasteiger partial charge in [0, 0.05) is 19.3 Å². The molecule has 3 rings (SSSR count). The Morgan fingerprint density at radius 3 is 2.30 bits per heavy atom. The molecule has 0 unspecified atom stereocenters. The number of carbonyl (C=O) groups excluding carboxylic acids is 1. The highest BCUT2D eigenvalue weighted by atomic mass is 35.5. The van der Waals surface area contributed by atoms with Gasteiger partial charge in [0.25, 0.3) is 0 Å². The summed E-state index contributed by atoms with van der Waals surface area (Å²) in [5.41, 5.74) is 1.36. The molecule has 7 heteroatoms. The number of amides is 1. The van der Waals surface area contributed by atoms with E-state index in [2.05, 4.69) is 29.6 Å². The van der Waals surface area contributed by atoms with E-state index < -0.39 is 14.6 Å². The second kappa shape index (κ2) is 9.39. The largest absolute Gasteiger partial charge is 0.341 e. The Balaban J connectivity index is 0.00000261. The van der Waals surface area contributed by atoms with Crippen LogP contribution in [-0.2, 0) is 21.1 Å². The Labute approximate surface area is 169 Å². The Morgan fingerprint density at radius 1 is 1.15 bits per heavy atom. The lowest BCUT2D eigenvalue weighted by atomic mass is 9.89. The predicted octanol–water partition coefficient (Wildman–Crippen LogP) is 2.45. The number of aryl methyl sites for hydroxylation is 1. The van der Waals surface area contributed by atoms with Crippen LogP contribution >= 0.6 is 12.4 Å². The van der Waals surface area contributed by atoms with Gasteiger partial charge in [-0.25, -0.2) is 8.42 Å². The van der Waals surface area contributed by atoms with Crippen molar-refractivity contribution < 1.29 is 13.2 Å². The molecule has 0 bridgehead atoms. The maximum absolute atomic E-state index is 13.1. The minimum atomic E-state index is -3.43. The SMILES string of the molecule is CS(=O)(=O)C1(C(=O)N2CCC(CCc3ccccc3)CC2)CCNCC1.Cl. The van der Waals surface area contributed by atoms with Gasteiger partial charge in [-0.05, 0) is 63.1 Å². The number of rotatable bonds is 5. The monoisotopic (exact) mass is 414 g/mol. The topological polar surface area (TPSA) is 66.5 Å². The van der Waals surface area contributed by atoms with E-state index in [1.165, 1.54) is 11.8 Å².